The average Bonchev–Trinajstić information content (AvgIpc) is 3.19. The highest BCUT2D eigenvalue weighted by Gasteiger charge is 2.21. The van der Waals surface area contributed by atoms with Gasteiger partial charge < -0.3 is 14.3 Å². The molecule has 3 rings (SSSR count). The van der Waals surface area contributed by atoms with Crippen molar-refractivity contribution in [1.29, 1.82) is 0 Å². The third kappa shape index (κ3) is 3.34. The van der Waals surface area contributed by atoms with Crippen LogP contribution in [0, 0.1) is 13.8 Å². The number of benzene rings is 1. The molecule has 0 aliphatic heterocycles. The van der Waals surface area contributed by atoms with E-state index >= 15 is 0 Å². The summed E-state index contributed by atoms with van der Waals surface area (Å²) in [7, 11) is 0. The predicted molar refractivity (Wildman–Crippen MR) is 84.8 cm³/mol. The molecule has 0 fully saturated rings. The minimum Gasteiger partial charge on any atom is -0.467 e. The molecule has 0 bridgehead atoms. The van der Waals surface area contributed by atoms with Crippen molar-refractivity contribution in [2.24, 2.45) is 0 Å². The van der Waals surface area contributed by atoms with Crippen LogP contribution in [-0.2, 0) is 11.2 Å². The van der Waals surface area contributed by atoms with Crippen molar-refractivity contribution < 1.29 is 13.7 Å². The highest BCUT2D eigenvalue weighted by molar-refractivity contribution is 5.79. The van der Waals surface area contributed by atoms with Crippen LogP contribution in [-0.4, -0.2) is 11.1 Å². The van der Waals surface area contributed by atoms with E-state index in [0.717, 1.165) is 16.8 Å². The predicted octanol–water partition coefficient (Wildman–Crippen LogP) is 3.33. The third-order valence-corrected chi connectivity index (χ3v) is 3.78. The summed E-state index contributed by atoms with van der Waals surface area (Å²) < 4.78 is 10.6. The number of nitrogens with zero attached hydrogens (tertiary/aromatic N) is 1. The quantitative estimate of drug-likeness (QED) is 0.785. The van der Waals surface area contributed by atoms with Crippen molar-refractivity contribution in [2.75, 3.05) is 0 Å². The summed E-state index contributed by atoms with van der Waals surface area (Å²) in [6.07, 6.45) is 1.83. The number of carbonyl (C=O) groups is 1. The molecule has 2 aromatic heterocycles. The monoisotopic (exact) mass is 310 g/mol. The van der Waals surface area contributed by atoms with E-state index in [1.165, 1.54) is 0 Å². The van der Waals surface area contributed by atoms with Gasteiger partial charge in [0, 0.05) is 5.56 Å². The second-order valence-electron chi connectivity index (χ2n) is 5.41. The fourth-order valence-corrected chi connectivity index (χ4v) is 2.55. The van der Waals surface area contributed by atoms with Gasteiger partial charge in [-0.1, -0.05) is 35.5 Å². The maximum atomic E-state index is 12.5. The van der Waals surface area contributed by atoms with Crippen molar-refractivity contribution in [2.45, 2.75) is 26.3 Å². The number of amides is 1. The van der Waals surface area contributed by atoms with E-state index < -0.39 is 0 Å². The summed E-state index contributed by atoms with van der Waals surface area (Å²) >= 11 is 0. The van der Waals surface area contributed by atoms with Gasteiger partial charge in [0.2, 0.25) is 5.91 Å². The molecule has 2 heterocycles. The molecule has 118 valence electrons. The van der Waals surface area contributed by atoms with Crippen LogP contribution in [0.25, 0.3) is 0 Å². The van der Waals surface area contributed by atoms with E-state index in [4.69, 9.17) is 8.94 Å². The zero-order chi connectivity index (χ0) is 16.2. The van der Waals surface area contributed by atoms with Crippen molar-refractivity contribution in [3.8, 4) is 0 Å². The number of rotatable bonds is 5. The highest BCUT2D eigenvalue weighted by Crippen LogP contribution is 2.23. The molecule has 0 saturated carbocycles. The number of hydrogen-bond acceptors (Lipinski definition) is 4. The molecule has 5 nitrogen and oxygen atoms in total. The van der Waals surface area contributed by atoms with Crippen LogP contribution in [0.3, 0.4) is 0 Å². The summed E-state index contributed by atoms with van der Waals surface area (Å²) in [5.74, 6) is 1.26. The van der Waals surface area contributed by atoms with E-state index in [0.29, 0.717) is 11.5 Å². The molecule has 1 atom stereocenters. The minimum atomic E-state index is -0.320. The number of furan rings is 1. The molecule has 1 aromatic carbocycles. The van der Waals surface area contributed by atoms with Gasteiger partial charge in [-0.25, -0.2) is 0 Å². The summed E-state index contributed by atoms with van der Waals surface area (Å²) in [6.45, 7) is 3.64. The maximum absolute atomic E-state index is 12.5. The van der Waals surface area contributed by atoms with Gasteiger partial charge in [-0.15, -0.1) is 0 Å². The molecule has 5 heteroatoms. The topological polar surface area (TPSA) is 68.3 Å². The Balaban J connectivity index is 1.80. The second kappa shape index (κ2) is 6.52. The molecule has 3 aromatic rings. The van der Waals surface area contributed by atoms with E-state index in [-0.39, 0.29) is 18.4 Å². The lowest BCUT2D eigenvalue weighted by atomic mass is 10.0. The van der Waals surface area contributed by atoms with Crippen molar-refractivity contribution in [1.82, 2.24) is 10.5 Å². The molecule has 0 radical (unpaired) electrons. The lowest BCUT2D eigenvalue weighted by Gasteiger charge is -2.17. The Bertz CT molecular complexity index is 756. The standard InChI is InChI=1S/C18H18N2O3/c1-12-15(13(2)23-20-12)11-17(21)19-18(16-9-6-10-22-16)14-7-4-3-5-8-14/h3-10,18H,11H2,1-2H3,(H,19,21). The molecule has 1 N–H and O–H groups in total. The second-order valence-corrected chi connectivity index (χ2v) is 5.41. The molecule has 1 amide bonds. The van der Waals surface area contributed by atoms with Gasteiger partial charge >= 0.3 is 0 Å². The average molecular weight is 310 g/mol. The van der Waals surface area contributed by atoms with Crippen molar-refractivity contribution in [3.05, 3.63) is 77.1 Å². The van der Waals surface area contributed by atoms with E-state index in [2.05, 4.69) is 10.5 Å². The smallest absolute Gasteiger partial charge is 0.225 e. The molecular formula is C18H18N2O3. The summed E-state index contributed by atoms with van der Waals surface area (Å²) in [4.78, 5) is 12.5. The number of aromatic nitrogens is 1. The largest absolute Gasteiger partial charge is 0.467 e. The Morgan fingerprint density at radius 3 is 2.57 bits per heavy atom. The van der Waals surface area contributed by atoms with Gasteiger partial charge in [0.1, 0.15) is 17.6 Å². The van der Waals surface area contributed by atoms with Crippen LogP contribution < -0.4 is 5.32 Å². The number of nitrogens with one attached hydrogen (secondary N) is 1. The Morgan fingerprint density at radius 2 is 1.96 bits per heavy atom. The van der Waals surface area contributed by atoms with Crippen LogP contribution in [0.1, 0.15) is 34.4 Å². The Kier molecular flexibility index (Phi) is 4.28. The maximum Gasteiger partial charge on any atom is 0.225 e. The Morgan fingerprint density at radius 1 is 1.17 bits per heavy atom. The van der Waals surface area contributed by atoms with Crippen LogP contribution >= 0.6 is 0 Å². The number of carbonyl (C=O) groups excluding carboxylic acids is 1. The summed E-state index contributed by atoms with van der Waals surface area (Å²) in [5.41, 5.74) is 2.54. The van der Waals surface area contributed by atoms with Gasteiger partial charge in [-0.05, 0) is 31.5 Å². The first-order chi connectivity index (χ1) is 11.1. The summed E-state index contributed by atoms with van der Waals surface area (Å²) in [6, 6.07) is 13.1. The molecule has 0 saturated heterocycles. The fourth-order valence-electron chi connectivity index (χ4n) is 2.55. The van der Waals surface area contributed by atoms with E-state index in [1.807, 2.05) is 56.3 Å². The molecular weight excluding hydrogens is 292 g/mol. The first-order valence-corrected chi connectivity index (χ1v) is 7.44. The minimum absolute atomic E-state index is 0.107. The Hall–Kier alpha value is -2.82. The fraction of sp³-hybridized carbons (Fsp3) is 0.222. The van der Waals surface area contributed by atoms with E-state index in [1.54, 1.807) is 6.26 Å². The number of hydrogen-bond donors (Lipinski definition) is 1. The van der Waals surface area contributed by atoms with Crippen LogP contribution in [0.15, 0.2) is 57.7 Å². The first-order valence-electron chi connectivity index (χ1n) is 7.44. The van der Waals surface area contributed by atoms with Crippen molar-refractivity contribution in [3.63, 3.8) is 0 Å². The lowest BCUT2D eigenvalue weighted by Crippen LogP contribution is -2.30. The first kappa shape index (κ1) is 15.1. The normalized spacial score (nSPS) is 12.1. The zero-order valence-corrected chi connectivity index (χ0v) is 13.1. The molecule has 1 unspecified atom stereocenters. The Labute approximate surface area is 134 Å². The van der Waals surface area contributed by atoms with E-state index in [9.17, 15) is 4.79 Å². The van der Waals surface area contributed by atoms with Gasteiger partial charge in [-0.2, -0.15) is 0 Å². The summed E-state index contributed by atoms with van der Waals surface area (Å²) in [5, 5.41) is 6.91. The molecule has 0 spiro atoms. The SMILES string of the molecule is Cc1noc(C)c1CC(=O)NC(c1ccccc1)c1ccco1. The number of aryl methyl sites for hydroxylation is 2. The van der Waals surface area contributed by atoms with Gasteiger partial charge in [-0.3, -0.25) is 4.79 Å². The van der Waals surface area contributed by atoms with Gasteiger partial charge in [0.25, 0.3) is 0 Å². The van der Waals surface area contributed by atoms with Crippen LogP contribution in [0.4, 0.5) is 0 Å². The molecule has 0 aliphatic carbocycles. The third-order valence-electron chi connectivity index (χ3n) is 3.78. The van der Waals surface area contributed by atoms with Crippen LogP contribution in [0.2, 0.25) is 0 Å². The molecule has 0 aliphatic rings. The van der Waals surface area contributed by atoms with Crippen molar-refractivity contribution >= 4 is 5.91 Å². The molecule has 23 heavy (non-hydrogen) atoms. The van der Waals surface area contributed by atoms with Crippen LogP contribution in [0.5, 0.6) is 0 Å². The zero-order valence-electron chi connectivity index (χ0n) is 13.1. The van der Waals surface area contributed by atoms with Gasteiger partial charge in [0.15, 0.2) is 0 Å². The van der Waals surface area contributed by atoms with Gasteiger partial charge in [0.05, 0.1) is 18.4 Å². The lowest BCUT2D eigenvalue weighted by molar-refractivity contribution is -0.121. The highest BCUT2D eigenvalue weighted by atomic mass is 16.5.